The van der Waals surface area contributed by atoms with E-state index >= 15 is 0 Å². The first-order valence-corrected chi connectivity index (χ1v) is 9.40. The summed E-state index contributed by atoms with van der Waals surface area (Å²) < 4.78 is 5.46. The maximum Gasteiger partial charge on any atom is 0.134 e. The smallest absolute Gasteiger partial charge is 0.134 e. The number of hydrogen-bond acceptors (Lipinski definition) is 7. The number of ether oxygens (including phenoxy) is 1. The molecule has 1 unspecified atom stereocenters. The molecule has 0 bridgehead atoms. The highest BCUT2D eigenvalue weighted by atomic mass is 16.5. The van der Waals surface area contributed by atoms with Crippen LogP contribution < -0.4 is 16.0 Å². The zero-order valence-corrected chi connectivity index (χ0v) is 15.0. The minimum absolute atomic E-state index is 0.426. The summed E-state index contributed by atoms with van der Waals surface area (Å²) in [6.07, 6.45) is 4.10. The summed E-state index contributed by atoms with van der Waals surface area (Å²) in [6.45, 7) is 6.56. The summed E-state index contributed by atoms with van der Waals surface area (Å²) in [7, 11) is 0. The molecular weight excluding hydrogens is 330 g/mol. The van der Waals surface area contributed by atoms with E-state index in [2.05, 4.69) is 43.2 Å². The molecule has 0 radical (unpaired) electrons. The fourth-order valence-electron chi connectivity index (χ4n) is 3.48. The van der Waals surface area contributed by atoms with Gasteiger partial charge in [0, 0.05) is 38.3 Å². The van der Waals surface area contributed by atoms with E-state index in [1.807, 2.05) is 6.07 Å². The van der Waals surface area contributed by atoms with Crippen LogP contribution in [-0.2, 0) is 11.3 Å². The number of aromatic nitrogens is 3. The molecule has 2 fully saturated rings. The number of pyridine rings is 1. The molecule has 1 atom stereocenters. The summed E-state index contributed by atoms with van der Waals surface area (Å²) in [5.74, 6) is 2.59. The van der Waals surface area contributed by atoms with Gasteiger partial charge in [-0.3, -0.25) is 10.00 Å². The molecule has 4 N–H and O–H groups in total. The van der Waals surface area contributed by atoms with E-state index in [1.165, 1.54) is 18.4 Å². The maximum atomic E-state index is 5.46. The van der Waals surface area contributed by atoms with Crippen molar-refractivity contribution in [2.75, 3.05) is 50.0 Å². The predicted molar refractivity (Wildman–Crippen MR) is 102 cm³/mol. The van der Waals surface area contributed by atoms with Crippen LogP contribution in [-0.4, -0.2) is 65.5 Å². The average molecular weight is 357 g/mol. The molecule has 2 saturated heterocycles. The van der Waals surface area contributed by atoms with E-state index in [1.54, 1.807) is 6.20 Å². The molecule has 26 heavy (non-hydrogen) atoms. The Balaban J connectivity index is 1.51. The van der Waals surface area contributed by atoms with Crippen LogP contribution in [0.4, 0.5) is 17.5 Å². The van der Waals surface area contributed by atoms with Gasteiger partial charge in [0.05, 0.1) is 19.4 Å². The fourth-order valence-corrected chi connectivity index (χ4v) is 3.48. The number of rotatable bonds is 6. The lowest BCUT2D eigenvalue weighted by molar-refractivity contribution is 0.0342. The van der Waals surface area contributed by atoms with Gasteiger partial charge in [0.15, 0.2) is 0 Å². The normalized spacial score (nSPS) is 21.5. The van der Waals surface area contributed by atoms with Crippen molar-refractivity contribution in [2.24, 2.45) is 0 Å². The minimum atomic E-state index is 0.426. The van der Waals surface area contributed by atoms with E-state index in [9.17, 15) is 0 Å². The van der Waals surface area contributed by atoms with Crippen LogP contribution in [0.1, 0.15) is 18.4 Å². The molecule has 0 amide bonds. The van der Waals surface area contributed by atoms with Crippen LogP contribution in [0.2, 0.25) is 0 Å². The van der Waals surface area contributed by atoms with Gasteiger partial charge >= 0.3 is 0 Å². The quantitative estimate of drug-likeness (QED) is 0.623. The molecule has 8 heteroatoms. The number of nitrogens with zero attached hydrogens (tertiary/aromatic N) is 3. The molecular formula is C18H27N7O. The van der Waals surface area contributed by atoms with Gasteiger partial charge in [-0.1, -0.05) is 0 Å². The molecule has 140 valence electrons. The van der Waals surface area contributed by atoms with E-state index in [-0.39, 0.29) is 0 Å². The minimum Gasteiger partial charge on any atom is -0.379 e. The number of anilines is 3. The van der Waals surface area contributed by atoms with Crippen LogP contribution in [0.5, 0.6) is 0 Å². The third kappa shape index (κ3) is 4.72. The largest absolute Gasteiger partial charge is 0.379 e. The van der Waals surface area contributed by atoms with Crippen LogP contribution >= 0.6 is 0 Å². The Labute approximate surface area is 153 Å². The molecule has 0 saturated carbocycles. The first kappa shape index (κ1) is 17.3. The number of nitrogens with one attached hydrogen (secondary N) is 4. The standard InChI is InChI=1S/C18H27N7O/c1-2-15(12-19-4-1)21-17-10-14(13-25-6-8-26-9-7-25)11-18(23-17)22-16-3-5-20-24-16/h3,5,10-11,15,19H,1-2,4,6-9,12-13H2,(H3,20,21,22,23,24). The Morgan fingerprint density at radius 3 is 2.88 bits per heavy atom. The van der Waals surface area contributed by atoms with Crippen LogP contribution in [0.25, 0.3) is 0 Å². The molecule has 0 spiro atoms. The second-order valence-corrected chi connectivity index (χ2v) is 6.92. The molecule has 0 aliphatic carbocycles. The summed E-state index contributed by atoms with van der Waals surface area (Å²) in [5, 5.41) is 17.3. The van der Waals surface area contributed by atoms with Crippen molar-refractivity contribution in [2.45, 2.75) is 25.4 Å². The highest BCUT2D eigenvalue weighted by Crippen LogP contribution is 2.21. The molecule has 2 aromatic heterocycles. The third-order valence-electron chi connectivity index (χ3n) is 4.81. The van der Waals surface area contributed by atoms with Gasteiger partial charge in [-0.05, 0) is 37.1 Å². The van der Waals surface area contributed by atoms with Crippen LogP contribution in [0.15, 0.2) is 24.4 Å². The van der Waals surface area contributed by atoms with Crippen LogP contribution in [0, 0.1) is 0 Å². The lowest BCUT2D eigenvalue weighted by atomic mass is 10.1. The Kier molecular flexibility index (Phi) is 5.63. The Bertz CT molecular complexity index is 641. The van der Waals surface area contributed by atoms with Gasteiger partial charge in [-0.15, -0.1) is 0 Å². The van der Waals surface area contributed by atoms with Crippen molar-refractivity contribution in [1.29, 1.82) is 0 Å². The first-order chi connectivity index (χ1) is 12.8. The Hall–Kier alpha value is -2.16. The zero-order valence-electron chi connectivity index (χ0n) is 15.0. The highest BCUT2D eigenvalue weighted by molar-refractivity contribution is 5.56. The first-order valence-electron chi connectivity index (χ1n) is 9.40. The summed E-state index contributed by atoms with van der Waals surface area (Å²) in [6, 6.07) is 6.60. The lowest BCUT2D eigenvalue weighted by Gasteiger charge is -2.27. The van der Waals surface area contributed by atoms with Crippen molar-refractivity contribution in [3.63, 3.8) is 0 Å². The molecule has 4 rings (SSSR count). The number of hydrogen-bond donors (Lipinski definition) is 4. The van der Waals surface area contributed by atoms with E-state index in [0.29, 0.717) is 6.04 Å². The van der Waals surface area contributed by atoms with E-state index in [0.717, 1.165) is 63.4 Å². The second-order valence-electron chi connectivity index (χ2n) is 6.92. The maximum absolute atomic E-state index is 5.46. The van der Waals surface area contributed by atoms with E-state index in [4.69, 9.17) is 9.72 Å². The van der Waals surface area contributed by atoms with Crippen molar-refractivity contribution in [3.05, 3.63) is 30.0 Å². The Morgan fingerprint density at radius 1 is 1.23 bits per heavy atom. The van der Waals surface area contributed by atoms with Crippen molar-refractivity contribution in [1.82, 2.24) is 25.4 Å². The zero-order chi connectivity index (χ0) is 17.6. The summed E-state index contributed by atoms with van der Waals surface area (Å²) >= 11 is 0. The second kappa shape index (κ2) is 8.48. The highest BCUT2D eigenvalue weighted by Gasteiger charge is 2.16. The topological polar surface area (TPSA) is 90.1 Å². The van der Waals surface area contributed by atoms with Crippen LogP contribution in [0.3, 0.4) is 0 Å². The van der Waals surface area contributed by atoms with Gasteiger partial charge < -0.3 is 20.7 Å². The molecule has 0 aromatic carbocycles. The van der Waals surface area contributed by atoms with Crippen molar-refractivity contribution < 1.29 is 4.74 Å². The molecule has 8 nitrogen and oxygen atoms in total. The summed E-state index contributed by atoms with van der Waals surface area (Å²) in [4.78, 5) is 7.18. The van der Waals surface area contributed by atoms with E-state index < -0.39 is 0 Å². The lowest BCUT2D eigenvalue weighted by Crippen LogP contribution is -2.38. The Morgan fingerprint density at radius 2 is 2.12 bits per heavy atom. The fraction of sp³-hybridized carbons (Fsp3) is 0.556. The third-order valence-corrected chi connectivity index (χ3v) is 4.81. The molecule has 2 aromatic rings. The number of morpholine rings is 1. The number of H-pyrrole nitrogens is 1. The van der Waals surface area contributed by atoms with Gasteiger partial charge in [-0.25, -0.2) is 4.98 Å². The van der Waals surface area contributed by atoms with Gasteiger partial charge in [0.25, 0.3) is 0 Å². The molecule has 4 heterocycles. The molecule has 2 aliphatic rings. The predicted octanol–water partition coefficient (Wildman–Crippen LogP) is 1.54. The van der Waals surface area contributed by atoms with Gasteiger partial charge in [-0.2, -0.15) is 5.10 Å². The number of piperidine rings is 1. The van der Waals surface area contributed by atoms with Gasteiger partial charge in [0.1, 0.15) is 17.5 Å². The number of aromatic amines is 1. The van der Waals surface area contributed by atoms with Crippen molar-refractivity contribution in [3.8, 4) is 0 Å². The monoisotopic (exact) mass is 357 g/mol. The van der Waals surface area contributed by atoms with Crippen molar-refractivity contribution >= 4 is 17.5 Å². The summed E-state index contributed by atoms with van der Waals surface area (Å²) in [5.41, 5.74) is 1.25. The SMILES string of the molecule is c1cc(Nc2cc(CN3CCOCC3)cc(NC3CCCNC3)n2)[nH]n1. The molecule has 2 aliphatic heterocycles. The average Bonchev–Trinajstić information content (AvgIpc) is 3.16. The van der Waals surface area contributed by atoms with Gasteiger partial charge in [0.2, 0.25) is 0 Å².